The van der Waals surface area contributed by atoms with Crippen molar-refractivity contribution < 1.29 is 28.8 Å². The number of aliphatic hydroxyl groups excluding tert-OH is 1. The smallest absolute Gasteiger partial charge is 0.340 e. The fourth-order valence-corrected chi connectivity index (χ4v) is 4.32. The highest BCUT2D eigenvalue weighted by molar-refractivity contribution is 6.07. The van der Waals surface area contributed by atoms with E-state index in [1.807, 2.05) is 35.8 Å². The van der Waals surface area contributed by atoms with E-state index >= 15 is 0 Å². The van der Waals surface area contributed by atoms with E-state index in [-0.39, 0.29) is 18.7 Å². The first kappa shape index (κ1) is 22.9. The number of rotatable bonds is 9. The van der Waals surface area contributed by atoms with Crippen molar-refractivity contribution in [2.24, 2.45) is 0 Å². The third kappa shape index (κ3) is 4.24. The van der Waals surface area contributed by atoms with Gasteiger partial charge in [-0.05, 0) is 44.2 Å². The van der Waals surface area contributed by atoms with E-state index in [9.17, 15) is 4.79 Å². The van der Waals surface area contributed by atoms with E-state index < -0.39 is 0 Å². The van der Waals surface area contributed by atoms with Gasteiger partial charge in [0.05, 0.1) is 51.2 Å². The summed E-state index contributed by atoms with van der Waals surface area (Å²) in [6.07, 6.45) is 0.155. The molecular weight excluding hydrogens is 424 g/mol. The molecule has 3 aromatic rings. The Morgan fingerprint density at radius 1 is 1.06 bits per heavy atom. The molecule has 1 aliphatic rings. The summed E-state index contributed by atoms with van der Waals surface area (Å²) < 4.78 is 23.9. The maximum Gasteiger partial charge on any atom is 0.340 e. The van der Waals surface area contributed by atoms with Crippen LogP contribution >= 0.6 is 0 Å². The number of ether oxygens (including phenoxy) is 4. The van der Waals surface area contributed by atoms with E-state index in [2.05, 4.69) is 17.0 Å². The van der Waals surface area contributed by atoms with Crippen molar-refractivity contribution in [2.45, 2.75) is 20.0 Å². The molecular formula is C25H30N2O6. The van der Waals surface area contributed by atoms with E-state index in [4.69, 9.17) is 24.1 Å². The summed E-state index contributed by atoms with van der Waals surface area (Å²) in [5, 5.41) is 9.65. The van der Waals surface area contributed by atoms with Gasteiger partial charge in [-0.15, -0.1) is 0 Å². The van der Waals surface area contributed by atoms with Gasteiger partial charge in [0.25, 0.3) is 0 Å². The lowest BCUT2D eigenvalue weighted by atomic mass is 10.1. The number of hydrogen-bond donors (Lipinski definition) is 1. The molecule has 0 amide bonds. The Morgan fingerprint density at radius 2 is 1.70 bits per heavy atom. The van der Waals surface area contributed by atoms with Crippen LogP contribution in [0, 0.1) is 6.92 Å². The van der Waals surface area contributed by atoms with Gasteiger partial charge < -0.3 is 33.5 Å². The van der Waals surface area contributed by atoms with E-state index in [1.165, 1.54) is 0 Å². The second-order valence-corrected chi connectivity index (χ2v) is 7.88. The minimum Gasteiger partial charge on any atom is -0.493 e. The van der Waals surface area contributed by atoms with Crippen molar-refractivity contribution in [3.05, 3.63) is 47.7 Å². The van der Waals surface area contributed by atoms with Crippen molar-refractivity contribution in [2.75, 3.05) is 52.0 Å². The van der Waals surface area contributed by atoms with Gasteiger partial charge in [-0.1, -0.05) is 0 Å². The Labute approximate surface area is 193 Å². The lowest BCUT2D eigenvalue weighted by Gasteiger charge is -2.40. The highest BCUT2D eigenvalue weighted by atomic mass is 16.5. The molecule has 1 N–H and O–H groups in total. The summed E-state index contributed by atoms with van der Waals surface area (Å²) >= 11 is 0. The quantitative estimate of drug-likeness (QED) is 0.497. The fourth-order valence-electron chi connectivity index (χ4n) is 4.32. The molecule has 0 atom stereocenters. The van der Waals surface area contributed by atoms with Crippen LogP contribution in [0.1, 0.15) is 23.0 Å². The number of hydrogen-bond acceptors (Lipinski definition) is 7. The van der Waals surface area contributed by atoms with Gasteiger partial charge in [0.2, 0.25) is 0 Å². The lowest BCUT2D eigenvalue weighted by molar-refractivity contribution is 0.0135. The molecule has 2 heterocycles. The Hall–Kier alpha value is -3.23. The standard InChI is InChI=1S/C25H30N2O6/c1-5-32-25(29)24-16(2)27(21-13-23(31-4)22(30-3)12-20(21)24)18-8-6-17(7-9-18)26-14-19(15-26)33-11-10-28/h6-9,12-13,19,28H,5,10-11,14-15H2,1-4H3. The van der Waals surface area contributed by atoms with Crippen molar-refractivity contribution >= 4 is 22.6 Å². The highest BCUT2D eigenvalue weighted by Gasteiger charge is 2.28. The van der Waals surface area contributed by atoms with Crippen LogP contribution in [0.3, 0.4) is 0 Å². The van der Waals surface area contributed by atoms with Gasteiger partial charge in [0, 0.05) is 41.6 Å². The molecule has 0 bridgehead atoms. The van der Waals surface area contributed by atoms with E-state index in [0.717, 1.165) is 41.1 Å². The lowest BCUT2D eigenvalue weighted by Crippen LogP contribution is -2.52. The van der Waals surface area contributed by atoms with Gasteiger partial charge in [-0.2, -0.15) is 0 Å². The number of aliphatic hydroxyl groups is 1. The zero-order valence-electron chi connectivity index (χ0n) is 19.5. The third-order valence-electron chi connectivity index (χ3n) is 5.95. The van der Waals surface area contributed by atoms with Crippen molar-refractivity contribution in [1.82, 2.24) is 4.57 Å². The SMILES string of the molecule is CCOC(=O)c1c(C)n(-c2ccc(N3CC(OCCO)C3)cc2)c2cc(OC)c(OC)cc12. The van der Waals surface area contributed by atoms with Crippen LogP contribution < -0.4 is 14.4 Å². The maximum absolute atomic E-state index is 12.8. The van der Waals surface area contributed by atoms with Crippen molar-refractivity contribution in [3.63, 3.8) is 0 Å². The number of fused-ring (bicyclic) bond motifs is 1. The molecule has 0 radical (unpaired) electrons. The number of benzene rings is 2. The number of nitrogens with zero attached hydrogens (tertiary/aromatic N) is 2. The monoisotopic (exact) mass is 454 g/mol. The summed E-state index contributed by atoms with van der Waals surface area (Å²) in [6, 6.07) is 11.9. The van der Waals surface area contributed by atoms with Crippen LogP contribution in [-0.4, -0.2) is 68.9 Å². The maximum atomic E-state index is 12.8. The van der Waals surface area contributed by atoms with Gasteiger partial charge in [-0.25, -0.2) is 4.79 Å². The van der Waals surface area contributed by atoms with Crippen molar-refractivity contribution in [1.29, 1.82) is 0 Å². The first-order valence-corrected chi connectivity index (χ1v) is 11.0. The summed E-state index contributed by atoms with van der Waals surface area (Å²) in [5.41, 5.74) is 4.16. The largest absolute Gasteiger partial charge is 0.493 e. The molecule has 0 spiro atoms. The summed E-state index contributed by atoms with van der Waals surface area (Å²) in [6.45, 7) is 6.02. The minimum absolute atomic E-state index is 0.0415. The predicted octanol–water partition coefficient (Wildman–Crippen LogP) is 3.33. The van der Waals surface area contributed by atoms with Crippen LogP contribution in [0.4, 0.5) is 5.69 Å². The summed E-state index contributed by atoms with van der Waals surface area (Å²) in [7, 11) is 3.17. The number of esters is 1. The molecule has 1 aliphatic heterocycles. The van der Waals surface area contributed by atoms with Gasteiger partial charge in [0.1, 0.15) is 0 Å². The van der Waals surface area contributed by atoms with Crippen molar-refractivity contribution in [3.8, 4) is 17.2 Å². The molecule has 0 saturated carbocycles. The molecule has 176 valence electrons. The second kappa shape index (κ2) is 9.72. The molecule has 1 fully saturated rings. The topological polar surface area (TPSA) is 82.4 Å². The zero-order valence-corrected chi connectivity index (χ0v) is 19.5. The fraction of sp³-hybridized carbons (Fsp3) is 0.400. The number of aromatic nitrogens is 1. The molecule has 4 rings (SSSR count). The highest BCUT2D eigenvalue weighted by Crippen LogP contribution is 2.38. The Balaban J connectivity index is 1.72. The van der Waals surface area contributed by atoms with Crippen LogP contribution in [-0.2, 0) is 9.47 Å². The van der Waals surface area contributed by atoms with Gasteiger partial charge >= 0.3 is 5.97 Å². The van der Waals surface area contributed by atoms with Crippen LogP contribution in [0.2, 0.25) is 0 Å². The number of carbonyl (C=O) groups excluding carboxylic acids is 1. The molecule has 0 unspecified atom stereocenters. The second-order valence-electron chi connectivity index (χ2n) is 7.88. The summed E-state index contributed by atoms with van der Waals surface area (Å²) in [5.74, 6) is 0.779. The van der Waals surface area contributed by atoms with Crippen LogP contribution in [0.5, 0.6) is 11.5 Å². The average Bonchev–Trinajstić information content (AvgIpc) is 3.08. The normalized spacial score (nSPS) is 13.8. The minimum atomic E-state index is -0.364. The predicted molar refractivity (Wildman–Crippen MR) is 126 cm³/mol. The third-order valence-corrected chi connectivity index (χ3v) is 5.95. The molecule has 8 nitrogen and oxygen atoms in total. The Kier molecular flexibility index (Phi) is 6.76. The number of carbonyl (C=O) groups is 1. The molecule has 0 aliphatic carbocycles. The first-order chi connectivity index (χ1) is 16.0. The first-order valence-electron chi connectivity index (χ1n) is 11.0. The molecule has 33 heavy (non-hydrogen) atoms. The Bertz CT molecular complexity index is 1130. The average molecular weight is 455 g/mol. The Morgan fingerprint density at radius 3 is 2.30 bits per heavy atom. The van der Waals surface area contributed by atoms with E-state index in [1.54, 1.807) is 21.1 Å². The molecule has 8 heteroatoms. The number of anilines is 1. The van der Waals surface area contributed by atoms with E-state index in [0.29, 0.717) is 30.3 Å². The molecule has 2 aromatic carbocycles. The van der Waals surface area contributed by atoms with Gasteiger partial charge in [0.15, 0.2) is 11.5 Å². The summed E-state index contributed by atoms with van der Waals surface area (Å²) in [4.78, 5) is 15.1. The van der Waals surface area contributed by atoms with Crippen LogP contribution in [0.15, 0.2) is 36.4 Å². The van der Waals surface area contributed by atoms with Crippen LogP contribution in [0.25, 0.3) is 16.6 Å². The van der Waals surface area contributed by atoms with Gasteiger partial charge in [-0.3, -0.25) is 0 Å². The molecule has 1 saturated heterocycles. The number of methoxy groups -OCH3 is 2. The zero-order chi connectivity index (χ0) is 23.5. The molecule has 1 aromatic heterocycles.